The van der Waals surface area contributed by atoms with Gasteiger partial charge in [0.1, 0.15) is 11.8 Å². The van der Waals surface area contributed by atoms with E-state index < -0.39 is 11.9 Å². The first-order valence-corrected chi connectivity index (χ1v) is 9.58. The molecule has 0 fully saturated rings. The van der Waals surface area contributed by atoms with Crippen LogP contribution in [0.15, 0.2) is 24.3 Å². The Kier molecular flexibility index (Phi) is 10.3. The molecule has 0 radical (unpaired) electrons. The van der Waals surface area contributed by atoms with Gasteiger partial charge in [-0.25, -0.2) is 0 Å². The smallest absolute Gasteiger partial charge is 0.261 e. The minimum absolute atomic E-state index is 0.0119. The molecule has 2 amide bonds. The maximum Gasteiger partial charge on any atom is 0.261 e. The lowest BCUT2D eigenvalue weighted by Crippen LogP contribution is -2.56. The number of hydrogen-bond donors (Lipinski definition) is 4. The summed E-state index contributed by atoms with van der Waals surface area (Å²) in [5, 5.41) is 5.98. The minimum Gasteiger partial charge on any atom is -0.494 e. The predicted octanol–water partition coefficient (Wildman–Crippen LogP) is 1.37. The highest BCUT2D eigenvalue weighted by atomic mass is 32.1. The molecule has 28 heavy (non-hydrogen) atoms. The summed E-state index contributed by atoms with van der Waals surface area (Å²) in [6.07, 6.45) is 0. The van der Waals surface area contributed by atoms with Crippen molar-refractivity contribution in [2.45, 2.75) is 39.8 Å². The summed E-state index contributed by atoms with van der Waals surface area (Å²) >= 11 is 5.12. The van der Waals surface area contributed by atoms with Crippen LogP contribution in [0.4, 0.5) is 0 Å². The molecule has 156 valence electrons. The van der Waals surface area contributed by atoms with Gasteiger partial charge in [-0.15, -0.1) is 0 Å². The molecule has 0 unspecified atom stereocenters. The standard InChI is InChI=1S/C19H30N4O4S/c1-6-27-15-9-7-14(8-10-15)17(24)21-16(12(2)3)18(25)22-23-19(28)20-13(4)11-26-5/h7-10,12-13,16H,6,11H2,1-5H3,(H,21,24)(H,22,25)(H2,20,23,28)/t13-,16+/m1/s1. The fraction of sp³-hybridized carbons (Fsp3) is 0.526. The van der Waals surface area contributed by atoms with Crippen molar-refractivity contribution < 1.29 is 19.1 Å². The Bertz CT molecular complexity index is 652. The van der Waals surface area contributed by atoms with E-state index in [0.29, 0.717) is 24.5 Å². The van der Waals surface area contributed by atoms with E-state index >= 15 is 0 Å². The van der Waals surface area contributed by atoms with Crippen molar-refractivity contribution in [3.8, 4) is 5.75 Å². The van der Waals surface area contributed by atoms with E-state index in [1.54, 1.807) is 31.4 Å². The van der Waals surface area contributed by atoms with Gasteiger partial charge in [-0.1, -0.05) is 13.8 Å². The van der Waals surface area contributed by atoms with Crippen molar-refractivity contribution in [3.63, 3.8) is 0 Å². The molecular weight excluding hydrogens is 380 g/mol. The highest BCUT2D eigenvalue weighted by Crippen LogP contribution is 2.12. The van der Waals surface area contributed by atoms with Gasteiger partial charge in [0.05, 0.1) is 13.2 Å². The molecule has 0 aliphatic heterocycles. The number of benzene rings is 1. The van der Waals surface area contributed by atoms with Crippen molar-refractivity contribution in [2.75, 3.05) is 20.3 Å². The zero-order valence-electron chi connectivity index (χ0n) is 17.0. The molecule has 2 atom stereocenters. The number of ether oxygens (including phenoxy) is 2. The zero-order valence-corrected chi connectivity index (χ0v) is 17.8. The molecule has 1 rings (SSSR count). The molecule has 0 saturated heterocycles. The van der Waals surface area contributed by atoms with Crippen molar-refractivity contribution in [1.29, 1.82) is 0 Å². The summed E-state index contributed by atoms with van der Waals surface area (Å²) in [5.74, 6) is -0.170. The first-order chi connectivity index (χ1) is 13.3. The zero-order chi connectivity index (χ0) is 21.1. The predicted molar refractivity (Wildman–Crippen MR) is 112 cm³/mol. The average molecular weight is 411 g/mol. The average Bonchev–Trinajstić information content (AvgIpc) is 2.64. The van der Waals surface area contributed by atoms with Crippen molar-refractivity contribution in [3.05, 3.63) is 29.8 Å². The van der Waals surface area contributed by atoms with Crippen LogP contribution in [0, 0.1) is 5.92 Å². The number of amides is 2. The van der Waals surface area contributed by atoms with Gasteiger partial charge >= 0.3 is 0 Å². The van der Waals surface area contributed by atoms with Crippen LogP contribution in [-0.4, -0.2) is 49.3 Å². The topological polar surface area (TPSA) is 101 Å². The maximum atomic E-state index is 12.5. The molecule has 4 N–H and O–H groups in total. The highest BCUT2D eigenvalue weighted by Gasteiger charge is 2.25. The summed E-state index contributed by atoms with van der Waals surface area (Å²) < 4.78 is 10.4. The molecular formula is C19H30N4O4S. The van der Waals surface area contributed by atoms with Crippen LogP contribution in [0.1, 0.15) is 38.1 Å². The van der Waals surface area contributed by atoms with E-state index in [1.165, 1.54) is 0 Å². The molecule has 0 aromatic heterocycles. The summed E-state index contributed by atoms with van der Waals surface area (Å²) in [7, 11) is 1.59. The molecule has 1 aromatic carbocycles. The number of nitrogens with one attached hydrogen (secondary N) is 4. The van der Waals surface area contributed by atoms with Crippen molar-refractivity contribution in [1.82, 2.24) is 21.5 Å². The van der Waals surface area contributed by atoms with Gasteiger partial charge in [0.25, 0.3) is 11.8 Å². The van der Waals surface area contributed by atoms with Crippen LogP contribution in [0.2, 0.25) is 0 Å². The largest absolute Gasteiger partial charge is 0.494 e. The summed E-state index contributed by atoms with van der Waals surface area (Å²) in [5.41, 5.74) is 5.61. The summed E-state index contributed by atoms with van der Waals surface area (Å²) in [6, 6.07) is 6.01. The highest BCUT2D eigenvalue weighted by molar-refractivity contribution is 7.80. The number of carbonyl (C=O) groups excluding carboxylic acids is 2. The molecule has 0 saturated carbocycles. The van der Waals surface area contributed by atoms with Gasteiger partial charge < -0.3 is 20.1 Å². The van der Waals surface area contributed by atoms with E-state index in [4.69, 9.17) is 21.7 Å². The molecule has 0 bridgehead atoms. The van der Waals surface area contributed by atoms with Gasteiger partial charge in [-0.2, -0.15) is 0 Å². The number of carbonyl (C=O) groups is 2. The lowest BCUT2D eigenvalue weighted by molar-refractivity contribution is -0.124. The van der Waals surface area contributed by atoms with Crippen LogP contribution in [-0.2, 0) is 9.53 Å². The minimum atomic E-state index is -0.731. The molecule has 0 heterocycles. The van der Waals surface area contributed by atoms with Crippen LogP contribution < -0.4 is 26.2 Å². The molecule has 0 spiro atoms. The number of thiocarbonyl (C=S) groups is 1. The third kappa shape index (κ3) is 8.10. The van der Waals surface area contributed by atoms with E-state index in [9.17, 15) is 9.59 Å². The number of rotatable bonds is 9. The first-order valence-electron chi connectivity index (χ1n) is 9.17. The molecule has 0 aliphatic carbocycles. The Morgan fingerprint density at radius 2 is 1.71 bits per heavy atom. The van der Waals surface area contributed by atoms with E-state index in [2.05, 4.69) is 21.5 Å². The van der Waals surface area contributed by atoms with E-state index in [-0.39, 0.29) is 23.0 Å². The fourth-order valence-electron chi connectivity index (χ4n) is 2.38. The Balaban J connectivity index is 2.62. The normalized spacial score (nSPS) is 12.6. The van der Waals surface area contributed by atoms with Gasteiger partial charge in [-0.05, 0) is 56.2 Å². The lowest BCUT2D eigenvalue weighted by atomic mass is 10.0. The molecule has 9 heteroatoms. The van der Waals surface area contributed by atoms with Crippen molar-refractivity contribution >= 4 is 29.1 Å². The SMILES string of the molecule is CCOc1ccc(C(=O)N[C@H](C(=O)NNC(=S)N[C@H](C)COC)C(C)C)cc1. The molecule has 1 aromatic rings. The van der Waals surface area contributed by atoms with Gasteiger partial charge in [0.2, 0.25) is 0 Å². The summed E-state index contributed by atoms with van der Waals surface area (Å²) in [6.45, 7) is 8.50. The third-order valence-electron chi connectivity index (χ3n) is 3.76. The first kappa shape index (κ1) is 23.6. The van der Waals surface area contributed by atoms with E-state index in [1.807, 2.05) is 27.7 Å². The Labute approximate surface area is 171 Å². The van der Waals surface area contributed by atoms with Crippen LogP contribution in [0.5, 0.6) is 5.75 Å². The van der Waals surface area contributed by atoms with Crippen LogP contribution in [0.3, 0.4) is 0 Å². The Morgan fingerprint density at radius 1 is 1.07 bits per heavy atom. The lowest BCUT2D eigenvalue weighted by Gasteiger charge is -2.23. The van der Waals surface area contributed by atoms with E-state index in [0.717, 1.165) is 0 Å². The van der Waals surface area contributed by atoms with Crippen LogP contribution in [0.25, 0.3) is 0 Å². The monoisotopic (exact) mass is 410 g/mol. The molecule has 8 nitrogen and oxygen atoms in total. The fourth-order valence-corrected chi connectivity index (χ4v) is 2.63. The second-order valence-electron chi connectivity index (χ2n) is 6.60. The quantitative estimate of drug-likeness (QED) is 0.360. The molecule has 0 aliphatic rings. The van der Waals surface area contributed by atoms with Crippen LogP contribution >= 0.6 is 12.2 Å². The number of methoxy groups -OCH3 is 1. The van der Waals surface area contributed by atoms with Gasteiger partial charge in [-0.3, -0.25) is 20.4 Å². The van der Waals surface area contributed by atoms with Gasteiger partial charge in [0, 0.05) is 18.7 Å². The Morgan fingerprint density at radius 3 is 2.25 bits per heavy atom. The number of hydrazine groups is 1. The van der Waals surface area contributed by atoms with Crippen molar-refractivity contribution in [2.24, 2.45) is 5.92 Å². The summed E-state index contributed by atoms with van der Waals surface area (Å²) in [4.78, 5) is 25.0. The second kappa shape index (κ2) is 12.1. The maximum absolute atomic E-state index is 12.5. The Hall–Kier alpha value is -2.39. The van der Waals surface area contributed by atoms with Gasteiger partial charge in [0.15, 0.2) is 5.11 Å². The third-order valence-corrected chi connectivity index (χ3v) is 3.98. The second-order valence-corrected chi connectivity index (χ2v) is 7.00. The number of hydrogen-bond acceptors (Lipinski definition) is 5.